The van der Waals surface area contributed by atoms with Crippen LogP contribution in [0, 0.1) is 6.92 Å². The van der Waals surface area contributed by atoms with Gasteiger partial charge in [-0.2, -0.15) is 0 Å². The van der Waals surface area contributed by atoms with E-state index < -0.39 is 0 Å². The van der Waals surface area contributed by atoms with Crippen molar-refractivity contribution >= 4 is 27.5 Å². The highest BCUT2D eigenvalue weighted by Crippen LogP contribution is 2.29. The van der Waals surface area contributed by atoms with Crippen LogP contribution in [0.15, 0.2) is 4.79 Å². The lowest BCUT2D eigenvalue weighted by molar-refractivity contribution is 0.0216. The Morgan fingerprint density at radius 2 is 2.08 bits per heavy atom. The molecule has 0 saturated heterocycles. The number of nitrogens with one attached hydrogen (secondary N) is 1. The number of fused-ring (bicyclic) bond motifs is 1. The van der Waals surface area contributed by atoms with Gasteiger partial charge in [-0.1, -0.05) is 6.42 Å². The molecule has 1 N–H and O–H groups in total. The fourth-order valence-corrected chi connectivity index (χ4v) is 4.17. The summed E-state index contributed by atoms with van der Waals surface area (Å²) in [6.07, 6.45) is 5.80. The van der Waals surface area contributed by atoms with Crippen molar-refractivity contribution in [2.45, 2.75) is 51.6 Å². The quantitative estimate of drug-likeness (QED) is 0.839. The Morgan fingerprint density at radius 3 is 2.79 bits per heavy atom. The van der Waals surface area contributed by atoms with Gasteiger partial charge in [0.05, 0.1) is 12.0 Å². The maximum atomic E-state index is 12.5. The molecule has 0 bridgehead atoms. The molecule has 0 spiro atoms. The van der Waals surface area contributed by atoms with Crippen molar-refractivity contribution in [3.05, 3.63) is 26.6 Å². The van der Waals surface area contributed by atoms with Crippen LogP contribution in [-0.4, -0.2) is 35.8 Å². The van der Waals surface area contributed by atoms with E-state index in [1.165, 1.54) is 17.8 Å². The molecular weight excluding hydrogens is 328 g/mol. The lowest BCUT2D eigenvalue weighted by Gasteiger charge is -2.21. The van der Waals surface area contributed by atoms with Gasteiger partial charge in [0.2, 0.25) is 0 Å². The Labute approximate surface area is 144 Å². The van der Waals surface area contributed by atoms with Crippen LogP contribution < -0.4 is 5.56 Å². The molecule has 0 aliphatic heterocycles. The highest BCUT2D eigenvalue weighted by Gasteiger charge is 2.24. The zero-order valence-electron chi connectivity index (χ0n) is 14.0. The van der Waals surface area contributed by atoms with Crippen LogP contribution in [0.25, 0.3) is 10.2 Å². The maximum Gasteiger partial charge on any atom is 0.348 e. The molecule has 2 aromatic rings. The Bertz CT molecular complexity index is 790. The zero-order valence-corrected chi connectivity index (χ0v) is 14.8. The lowest BCUT2D eigenvalue weighted by atomic mass is 9.98. The van der Waals surface area contributed by atoms with Crippen LogP contribution >= 0.6 is 11.3 Å². The number of methoxy groups -OCH3 is 1. The van der Waals surface area contributed by atoms with E-state index in [1.807, 2.05) is 0 Å². The van der Waals surface area contributed by atoms with Gasteiger partial charge < -0.3 is 14.5 Å². The number of carbonyl (C=O) groups excluding carboxylic acids is 1. The number of nitrogens with zero attached hydrogens (tertiary/aromatic N) is 1. The molecule has 1 aliphatic carbocycles. The minimum Gasteiger partial charge on any atom is -0.458 e. The van der Waals surface area contributed by atoms with E-state index in [4.69, 9.17) is 9.47 Å². The molecule has 1 saturated carbocycles. The maximum absolute atomic E-state index is 12.5. The topological polar surface area (TPSA) is 81.3 Å². The van der Waals surface area contributed by atoms with E-state index >= 15 is 0 Å². The molecule has 6 nitrogen and oxygen atoms in total. The Balaban J connectivity index is 1.88. The van der Waals surface area contributed by atoms with E-state index in [1.54, 1.807) is 14.0 Å². The first kappa shape index (κ1) is 17.1. The van der Waals surface area contributed by atoms with E-state index in [0.717, 1.165) is 25.7 Å². The van der Waals surface area contributed by atoms with Gasteiger partial charge in [0.25, 0.3) is 5.56 Å². The van der Waals surface area contributed by atoms with Gasteiger partial charge in [0.15, 0.2) is 0 Å². The average Bonchev–Trinajstić information content (AvgIpc) is 2.91. The van der Waals surface area contributed by atoms with Crippen LogP contribution in [0.4, 0.5) is 0 Å². The number of rotatable bonds is 5. The number of ether oxygens (including phenoxy) is 2. The van der Waals surface area contributed by atoms with E-state index in [-0.39, 0.29) is 17.6 Å². The van der Waals surface area contributed by atoms with Crippen LogP contribution in [0.5, 0.6) is 0 Å². The number of hydrogen-bond donors (Lipinski definition) is 1. The summed E-state index contributed by atoms with van der Waals surface area (Å²) in [5, 5.41) is 0.483. The van der Waals surface area contributed by atoms with Gasteiger partial charge in [-0.3, -0.25) is 4.79 Å². The minimum absolute atomic E-state index is 0.000584. The minimum atomic E-state index is -0.333. The summed E-state index contributed by atoms with van der Waals surface area (Å²) >= 11 is 1.24. The summed E-state index contributed by atoms with van der Waals surface area (Å²) in [5.74, 6) is 0.239. The van der Waals surface area contributed by atoms with Crippen LogP contribution in [0.3, 0.4) is 0 Å². The fraction of sp³-hybridized carbons (Fsp3) is 0.588. The first-order valence-corrected chi connectivity index (χ1v) is 9.14. The molecular formula is C17H22N2O4S. The van der Waals surface area contributed by atoms with Gasteiger partial charge >= 0.3 is 5.97 Å². The molecule has 1 aliphatic rings. The van der Waals surface area contributed by atoms with Crippen molar-refractivity contribution in [3.63, 3.8) is 0 Å². The second-order valence-corrected chi connectivity index (χ2v) is 7.16. The molecule has 0 amide bonds. The monoisotopic (exact) mass is 350 g/mol. The third-order valence-electron chi connectivity index (χ3n) is 4.40. The normalized spacial score (nSPS) is 15.8. The van der Waals surface area contributed by atoms with Crippen LogP contribution in [0.1, 0.15) is 53.2 Å². The van der Waals surface area contributed by atoms with Crippen molar-refractivity contribution in [1.29, 1.82) is 0 Å². The Morgan fingerprint density at radius 1 is 1.33 bits per heavy atom. The molecule has 130 valence electrons. The first-order valence-electron chi connectivity index (χ1n) is 8.32. The van der Waals surface area contributed by atoms with E-state index in [0.29, 0.717) is 39.5 Å². The van der Waals surface area contributed by atoms with Gasteiger partial charge in [-0.15, -0.1) is 11.3 Å². The molecule has 7 heteroatoms. The highest BCUT2D eigenvalue weighted by atomic mass is 32.1. The first-order chi connectivity index (χ1) is 11.6. The van der Waals surface area contributed by atoms with Crippen molar-refractivity contribution in [1.82, 2.24) is 9.97 Å². The number of aromatic nitrogens is 2. The van der Waals surface area contributed by atoms with Gasteiger partial charge in [0.1, 0.15) is 21.6 Å². The Hall–Kier alpha value is -1.73. The van der Waals surface area contributed by atoms with Gasteiger partial charge in [-0.05, 0) is 38.2 Å². The average molecular weight is 350 g/mol. The molecule has 0 aromatic carbocycles. The zero-order chi connectivity index (χ0) is 17.1. The summed E-state index contributed by atoms with van der Waals surface area (Å²) in [5.41, 5.74) is 0.444. The van der Waals surface area contributed by atoms with Crippen molar-refractivity contribution in [2.75, 3.05) is 13.7 Å². The van der Waals surface area contributed by atoms with Crippen molar-refractivity contribution < 1.29 is 14.3 Å². The summed E-state index contributed by atoms with van der Waals surface area (Å²) in [4.78, 5) is 33.1. The van der Waals surface area contributed by atoms with Crippen LogP contribution in [0.2, 0.25) is 0 Å². The highest BCUT2D eigenvalue weighted by molar-refractivity contribution is 7.20. The molecule has 24 heavy (non-hydrogen) atoms. The lowest BCUT2D eigenvalue weighted by Crippen LogP contribution is -2.20. The molecule has 1 fully saturated rings. The number of esters is 1. The summed E-state index contributed by atoms with van der Waals surface area (Å²) in [6.45, 7) is 2.26. The third kappa shape index (κ3) is 3.52. The largest absolute Gasteiger partial charge is 0.458 e. The third-order valence-corrected chi connectivity index (χ3v) is 5.57. The summed E-state index contributed by atoms with van der Waals surface area (Å²) in [6, 6.07) is 0. The van der Waals surface area contributed by atoms with Crippen molar-refractivity contribution in [2.24, 2.45) is 0 Å². The predicted molar refractivity (Wildman–Crippen MR) is 92.8 cm³/mol. The molecule has 2 aromatic heterocycles. The second kappa shape index (κ2) is 7.44. The number of aryl methyl sites for hydroxylation is 1. The second-order valence-electron chi connectivity index (χ2n) is 6.16. The summed E-state index contributed by atoms with van der Waals surface area (Å²) < 4.78 is 10.7. The number of hydrogen-bond acceptors (Lipinski definition) is 6. The van der Waals surface area contributed by atoms with Gasteiger partial charge in [0, 0.05) is 13.5 Å². The number of aromatic amines is 1. The molecule has 3 rings (SSSR count). The predicted octanol–water partition coefficient (Wildman–Crippen LogP) is 2.97. The molecule has 0 radical (unpaired) electrons. The van der Waals surface area contributed by atoms with Crippen molar-refractivity contribution in [3.8, 4) is 0 Å². The number of H-pyrrole nitrogens is 1. The SMILES string of the molecule is COCCc1nc2sc(C(=O)OC3CCCCC3)c(C)c2c(=O)[nH]1. The number of thiophene rings is 1. The fourth-order valence-electron chi connectivity index (χ4n) is 3.09. The standard InChI is InChI=1S/C17H22N2O4S/c1-10-13-15(20)18-12(8-9-22-2)19-16(13)24-14(10)17(21)23-11-6-4-3-5-7-11/h11H,3-9H2,1-2H3,(H,18,19,20). The number of carbonyl (C=O) groups is 1. The van der Waals surface area contributed by atoms with Crippen LogP contribution in [-0.2, 0) is 15.9 Å². The van der Waals surface area contributed by atoms with E-state index in [9.17, 15) is 9.59 Å². The summed E-state index contributed by atoms with van der Waals surface area (Å²) in [7, 11) is 1.60. The molecule has 0 unspecified atom stereocenters. The smallest absolute Gasteiger partial charge is 0.348 e. The van der Waals surface area contributed by atoms with E-state index in [2.05, 4.69) is 9.97 Å². The Kier molecular flexibility index (Phi) is 5.30. The molecule has 0 atom stereocenters. The van der Waals surface area contributed by atoms with Gasteiger partial charge in [-0.25, -0.2) is 9.78 Å². The molecule has 2 heterocycles.